The number of unbranched alkanes of at least 4 members (excludes halogenated alkanes) is 2. The monoisotopic (exact) mass is 332 g/mol. The standard InChI is InChI=1S/C19H40O4/c1-10-11-12-14-20-19(17(4,5)6,22-18(7,8)9)23-21-15-13-16(2)3/h16H,10-15H2,1-9H3. The Balaban J connectivity index is 5.00. The maximum atomic E-state index is 6.21. The molecule has 0 aromatic carbocycles. The molecule has 4 heteroatoms. The summed E-state index contributed by atoms with van der Waals surface area (Å²) < 4.78 is 12.3. The molecular weight excluding hydrogens is 292 g/mol. The molecule has 0 rings (SSSR count). The van der Waals surface area contributed by atoms with E-state index in [4.69, 9.17) is 19.2 Å². The molecule has 1 atom stereocenters. The van der Waals surface area contributed by atoms with Crippen LogP contribution in [0.5, 0.6) is 0 Å². The highest BCUT2D eigenvalue weighted by atomic mass is 17.3. The van der Waals surface area contributed by atoms with Gasteiger partial charge in [-0.25, -0.2) is 4.89 Å². The SMILES string of the molecule is CCCCCOC(OOCCC(C)C)(OC(C)(C)C)C(C)(C)C. The molecule has 0 spiro atoms. The van der Waals surface area contributed by atoms with Crippen molar-refractivity contribution in [2.45, 2.75) is 99.6 Å². The highest BCUT2D eigenvalue weighted by Crippen LogP contribution is 2.39. The lowest BCUT2D eigenvalue weighted by Gasteiger charge is -2.45. The Bertz CT molecular complexity index is 301. The van der Waals surface area contributed by atoms with E-state index >= 15 is 0 Å². The van der Waals surface area contributed by atoms with Crippen molar-refractivity contribution < 1.29 is 19.2 Å². The fraction of sp³-hybridized carbons (Fsp3) is 1.00. The average molecular weight is 333 g/mol. The fourth-order valence-corrected chi connectivity index (χ4v) is 1.93. The second-order valence-corrected chi connectivity index (χ2v) is 8.66. The van der Waals surface area contributed by atoms with Gasteiger partial charge in [0.15, 0.2) is 0 Å². The van der Waals surface area contributed by atoms with Gasteiger partial charge < -0.3 is 9.47 Å². The van der Waals surface area contributed by atoms with Gasteiger partial charge in [0.1, 0.15) is 0 Å². The number of hydrogen-bond acceptors (Lipinski definition) is 4. The van der Waals surface area contributed by atoms with E-state index in [0.29, 0.717) is 19.1 Å². The van der Waals surface area contributed by atoms with Gasteiger partial charge in [0.25, 0.3) is 0 Å². The minimum absolute atomic E-state index is 0.385. The smallest absolute Gasteiger partial charge is 0.317 e. The van der Waals surface area contributed by atoms with Gasteiger partial charge in [-0.2, -0.15) is 4.89 Å². The molecule has 0 amide bonds. The minimum Gasteiger partial charge on any atom is -0.325 e. The van der Waals surface area contributed by atoms with Crippen LogP contribution in [0.1, 0.15) is 88.0 Å². The van der Waals surface area contributed by atoms with Crippen LogP contribution in [-0.4, -0.2) is 24.8 Å². The summed E-state index contributed by atoms with van der Waals surface area (Å²) in [5, 5.41) is 0. The lowest BCUT2D eigenvalue weighted by molar-refractivity contribution is -0.546. The molecule has 1 unspecified atom stereocenters. The maximum Gasteiger partial charge on any atom is 0.317 e. The summed E-state index contributed by atoms with van der Waals surface area (Å²) >= 11 is 0. The average Bonchev–Trinajstić information content (AvgIpc) is 2.36. The van der Waals surface area contributed by atoms with E-state index in [0.717, 1.165) is 25.7 Å². The molecule has 0 aromatic rings. The fourth-order valence-electron chi connectivity index (χ4n) is 1.93. The van der Waals surface area contributed by atoms with Gasteiger partial charge in [-0.05, 0) is 39.5 Å². The van der Waals surface area contributed by atoms with Gasteiger partial charge in [-0.3, -0.25) is 0 Å². The van der Waals surface area contributed by atoms with Crippen LogP contribution >= 0.6 is 0 Å². The first kappa shape index (κ1) is 22.8. The zero-order valence-corrected chi connectivity index (χ0v) is 17.0. The van der Waals surface area contributed by atoms with Crippen LogP contribution in [0.15, 0.2) is 0 Å². The third kappa shape index (κ3) is 9.65. The highest BCUT2D eigenvalue weighted by Gasteiger charge is 2.50. The third-order valence-electron chi connectivity index (χ3n) is 3.35. The maximum absolute atomic E-state index is 6.21. The van der Waals surface area contributed by atoms with Crippen LogP contribution in [0.4, 0.5) is 0 Å². The molecule has 0 radical (unpaired) electrons. The predicted molar refractivity (Wildman–Crippen MR) is 95.0 cm³/mol. The topological polar surface area (TPSA) is 36.9 Å². The van der Waals surface area contributed by atoms with E-state index in [1.165, 1.54) is 0 Å². The molecular formula is C19H40O4. The molecule has 0 fully saturated rings. The zero-order valence-electron chi connectivity index (χ0n) is 17.0. The van der Waals surface area contributed by atoms with Crippen molar-refractivity contribution in [2.24, 2.45) is 11.3 Å². The third-order valence-corrected chi connectivity index (χ3v) is 3.35. The molecule has 0 N–H and O–H groups in total. The summed E-state index contributed by atoms with van der Waals surface area (Å²) in [6, 6.07) is 0. The van der Waals surface area contributed by atoms with Crippen LogP contribution < -0.4 is 0 Å². The Morgan fingerprint density at radius 1 is 0.870 bits per heavy atom. The summed E-state index contributed by atoms with van der Waals surface area (Å²) in [6.45, 7) is 19.8. The van der Waals surface area contributed by atoms with Gasteiger partial charge in [0.2, 0.25) is 0 Å². The zero-order chi connectivity index (χ0) is 18.1. The van der Waals surface area contributed by atoms with Crippen molar-refractivity contribution in [3.63, 3.8) is 0 Å². The number of rotatable bonds is 11. The van der Waals surface area contributed by atoms with E-state index in [-0.39, 0.29) is 5.41 Å². The van der Waals surface area contributed by atoms with Crippen molar-refractivity contribution in [2.75, 3.05) is 13.2 Å². The molecule has 23 heavy (non-hydrogen) atoms. The quantitative estimate of drug-likeness (QED) is 0.210. The summed E-state index contributed by atoms with van der Waals surface area (Å²) in [5.74, 6) is -0.646. The van der Waals surface area contributed by atoms with Gasteiger partial charge in [0, 0.05) is 5.41 Å². The minimum atomic E-state index is -1.21. The molecule has 0 aliphatic carbocycles. The highest BCUT2D eigenvalue weighted by molar-refractivity contribution is 4.78. The summed E-state index contributed by atoms with van der Waals surface area (Å²) in [6.07, 6.45) is 4.20. The lowest BCUT2D eigenvalue weighted by atomic mass is 9.92. The normalized spacial score (nSPS) is 15.9. The molecule has 0 aromatic heterocycles. The molecule has 0 saturated heterocycles. The van der Waals surface area contributed by atoms with Crippen LogP contribution in [0.25, 0.3) is 0 Å². The van der Waals surface area contributed by atoms with E-state index < -0.39 is 11.6 Å². The number of hydrogen-bond donors (Lipinski definition) is 0. The van der Waals surface area contributed by atoms with Crippen molar-refractivity contribution >= 4 is 0 Å². The summed E-state index contributed by atoms with van der Waals surface area (Å²) in [4.78, 5) is 11.2. The van der Waals surface area contributed by atoms with Crippen molar-refractivity contribution in [1.82, 2.24) is 0 Å². The summed E-state index contributed by atoms with van der Waals surface area (Å²) in [5.41, 5.74) is -0.788. The number of ether oxygens (including phenoxy) is 2. The Hall–Kier alpha value is -0.160. The summed E-state index contributed by atoms with van der Waals surface area (Å²) in [7, 11) is 0. The van der Waals surface area contributed by atoms with Crippen LogP contribution in [0, 0.1) is 11.3 Å². The van der Waals surface area contributed by atoms with E-state index in [9.17, 15) is 0 Å². The first-order chi connectivity index (χ1) is 10.4. The first-order valence-corrected chi connectivity index (χ1v) is 9.08. The molecule has 0 bridgehead atoms. The second-order valence-electron chi connectivity index (χ2n) is 8.66. The predicted octanol–water partition coefficient (Wildman–Crippen LogP) is 5.70. The molecule has 0 aliphatic rings. The van der Waals surface area contributed by atoms with E-state index in [1.807, 2.05) is 41.5 Å². The van der Waals surface area contributed by atoms with Gasteiger partial charge >= 0.3 is 5.97 Å². The van der Waals surface area contributed by atoms with Crippen molar-refractivity contribution in [3.8, 4) is 0 Å². The van der Waals surface area contributed by atoms with E-state index in [1.54, 1.807) is 0 Å². The van der Waals surface area contributed by atoms with Crippen molar-refractivity contribution in [3.05, 3.63) is 0 Å². The Morgan fingerprint density at radius 2 is 1.48 bits per heavy atom. The molecule has 0 heterocycles. The van der Waals surface area contributed by atoms with Gasteiger partial charge in [0.05, 0.1) is 18.8 Å². The molecule has 4 nitrogen and oxygen atoms in total. The molecule has 0 saturated carbocycles. The Morgan fingerprint density at radius 3 is 1.91 bits per heavy atom. The van der Waals surface area contributed by atoms with Crippen molar-refractivity contribution in [1.29, 1.82) is 0 Å². The van der Waals surface area contributed by atoms with Crippen LogP contribution in [0.2, 0.25) is 0 Å². The Kier molecular flexibility index (Phi) is 9.90. The van der Waals surface area contributed by atoms with Crippen LogP contribution in [0.3, 0.4) is 0 Å². The van der Waals surface area contributed by atoms with Crippen LogP contribution in [-0.2, 0) is 19.2 Å². The largest absolute Gasteiger partial charge is 0.325 e. The Labute approximate surface area is 144 Å². The van der Waals surface area contributed by atoms with Gasteiger partial charge in [-0.15, -0.1) is 0 Å². The lowest BCUT2D eigenvalue weighted by Crippen LogP contribution is -2.54. The van der Waals surface area contributed by atoms with Gasteiger partial charge in [-0.1, -0.05) is 54.4 Å². The molecule has 140 valence electrons. The molecule has 0 aliphatic heterocycles. The first-order valence-electron chi connectivity index (χ1n) is 9.08. The van der Waals surface area contributed by atoms with E-state index in [2.05, 4.69) is 20.8 Å². The second kappa shape index (κ2) is 9.97.